The van der Waals surface area contributed by atoms with Crippen molar-refractivity contribution in [3.8, 4) is 29.6 Å². The standard InChI is InChI=1S/C22H17Cl2NO2/c1-2-12-26-22-16(13-17(23)14-21(22)24)15-25-18-8-10-20(11-9-18)27-19-6-4-3-5-7-19/h1,3-11,13-14,25H,12,15H2. The van der Waals surface area contributed by atoms with E-state index in [-0.39, 0.29) is 6.61 Å². The van der Waals surface area contributed by atoms with Crippen LogP contribution in [-0.2, 0) is 6.54 Å². The van der Waals surface area contributed by atoms with Crippen molar-refractivity contribution >= 4 is 28.9 Å². The summed E-state index contributed by atoms with van der Waals surface area (Å²) in [5.74, 6) is 4.53. The highest BCUT2D eigenvalue weighted by Crippen LogP contribution is 2.33. The van der Waals surface area contributed by atoms with Crippen LogP contribution in [0.2, 0.25) is 10.0 Å². The molecule has 0 fully saturated rings. The summed E-state index contributed by atoms with van der Waals surface area (Å²) in [5.41, 5.74) is 1.75. The summed E-state index contributed by atoms with van der Waals surface area (Å²) in [6.07, 6.45) is 5.27. The summed E-state index contributed by atoms with van der Waals surface area (Å²) >= 11 is 12.3. The summed E-state index contributed by atoms with van der Waals surface area (Å²) in [5, 5.41) is 4.29. The second kappa shape index (κ2) is 9.23. The lowest BCUT2D eigenvalue weighted by Crippen LogP contribution is -2.04. The van der Waals surface area contributed by atoms with Gasteiger partial charge in [0, 0.05) is 22.8 Å². The van der Waals surface area contributed by atoms with Crippen LogP contribution < -0.4 is 14.8 Å². The molecule has 0 radical (unpaired) electrons. The smallest absolute Gasteiger partial charge is 0.148 e. The first kappa shape index (κ1) is 19.0. The van der Waals surface area contributed by atoms with Gasteiger partial charge in [-0.1, -0.05) is 47.3 Å². The van der Waals surface area contributed by atoms with Gasteiger partial charge < -0.3 is 14.8 Å². The second-order valence-corrected chi connectivity index (χ2v) is 6.51. The molecule has 0 aliphatic rings. The molecule has 0 unspecified atom stereocenters. The Bertz CT molecular complexity index is 935. The first-order chi connectivity index (χ1) is 13.2. The molecule has 5 heteroatoms. The minimum Gasteiger partial charge on any atom is -0.479 e. The maximum Gasteiger partial charge on any atom is 0.148 e. The van der Waals surface area contributed by atoms with Gasteiger partial charge in [-0.15, -0.1) is 6.42 Å². The Kier molecular flexibility index (Phi) is 6.49. The molecule has 3 nitrogen and oxygen atoms in total. The Balaban J connectivity index is 1.67. The van der Waals surface area contributed by atoms with Gasteiger partial charge in [0.05, 0.1) is 5.02 Å². The van der Waals surface area contributed by atoms with Crippen LogP contribution in [-0.4, -0.2) is 6.61 Å². The molecule has 0 aliphatic heterocycles. The van der Waals surface area contributed by atoms with Gasteiger partial charge >= 0.3 is 0 Å². The molecule has 0 amide bonds. The Morgan fingerprint density at radius 2 is 1.63 bits per heavy atom. The molecular weight excluding hydrogens is 381 g/mol. The highest BCUT2D eigenvalue weighted by molar-refractivity contribution is 6.35. The highest BCUT2D eigenvalue weighted by Gasteiger charge is 2.11. The predicted octanol–water partition coefficient (Wildman–Crippen LogP) is 6.41. The van der Waals surface area contributed by atoms with Crippen LogP contribution in [0.1, 0.15) is 5.56 Å². The number of para-hydroxylation sites is 1. The molecule has 0 saturated carbocycles. The van der Waals surface area contributed by atoms with Crippen molar-refractivity contribution in [3.05, 3.63) is 82.3 Å². The molecule has 27 heavy (non-hydrogen) atoms. The second-order valence-electron chi connectivity index (χ2n) is 5.66. The van der Waals surface area contributed by atoms with Crippen LogP contribution in [0.15, 0.2) is 66.7 Å². The van der Waals surface area contributed by atoms with Crippen LogP contribution in [0, 0.1) is 12.3 Å². The van der Waals surface area contributed by atoms with Gasteiger partial charge in [0.1, 0.15) is 23.9 Å². The molecule has 0 bridgehead atoms. The zero-order chi connectivity index (χ0) is 19.1. The van der Waals surface area contributed by atoms with Crippen molar-refractivity contribution in [1.82, 2.24) is 0 Å². The van der Waals surface area contributed by atoms with E-state index in [4.69, 9.17) is 39.1 Å². The van der Waals surface area contributed by atoms with Gasteiger partial charge in [-0.05, 0) is 48.5 Å². The van der Waals surface area contributed by atoms with Crippen LogP contribution in [0.4, 0.5) is 5.69 Å². The largest absolute Gasteiger partial charge is 0.479 e. The average Bonchev–Trinajstić information content (AvgIpc) is 2.67. The molecular formula is C22H17Cl2NO2. The molecule has 0 aliphatic carbocycles. The molecule has 0 spiro atoms. The summed E-state index contributed by atoms with van der Waals surface area (Å²) in [4.78, 5) is 0. The Morgan fingerprint density at radius 3 is 2.33 bits per heavy atom. The van der Waals surface area contributed by atoms with E-state index in [2.05, 4.69) is 11.2 Å². The van der Waals surface area contributed by atoms with Crippen LogP contribution in [0.5, 0.6) is 17.2 Å². The number of anilines is 1. The number of terminal acetylenes is 1. The lowest BCUT2D eigenvalue weighted by atomic mass is 10.2. The SMILES string of the molecule is C#CCOc1c(Cl)cc(Cl)cc1CNc1ccc(Oc2ccccc2)cc1. The number of rotatable bonds is 7. The van der Waals surface area contributed by atoms with Gasteiger partial charge in [-0.25, -0.2) is 0 Å². The Labute approximate surface area is 168 Å². The van der Waals surface area contributed by atoms with Crippen molar-refractivity contribution in [2.45, 2.75) is 6.54 Å². The quantitative estimate of drug-likeness (QED) is 0.467. The van der Waals surface area contributed by atoms with Crippen LogP contribution >= 0.6 is 23.2 Å². The minimum atomic E-state index is 0.139. The van der Waals surface area contributed by atoms with E-state index in [9.17, 15) is 0 Å². The van der Waals surface area contributed by atoms with Gasteiger partial charge in [0.25, 0.3) is 0 Å². The molecule has 3 aromatic carbocycles. The lowest BCUT2D eigenvalue weighted by molar-refractivity contribution is 0.367. The van der Waals surface area contributed by atoms with E-state index in [1.54, 1.807) is 12.1 Å². The predicted molar refractivity (Wildman–Crippen MR) is 111 cm³/mol. The Morgan fingerprint density at radius 1 is 0.926 bits per heavy atom. The Hall–Kier alpha value is -2.80. The first-order valence-electron chi connectivity index (χ1n) is 8.27. The maximum atomic E-state index is 6.23. The normalized spacial score (nSPS) is 10.1. The fourth-order valence-electron chi connectivity index (χ4n) is 2.48. The molecule has 3 rings (SSSR count). The summed E-state index contributed by atoms with van der Waals surface area (Å²) in [6.45, 7) is 0.624. The third-order valence-electron chi connectivity index (χ3n) is 3.70. The number of halogens is 2. The zero-order valence-corrected chi connectivity index (χ0v) is 15.9. The molecule has 0 atom stereocenters. The highest BCUT2D eigenvalue weighted by atomic mass is 35.5. The van der Waals surface area contributed by atoms with Gasteiger partial charge in [0.2, 0.25) is 0 Å². The van der Waals surface area contributed by atoms with Crippen molar-refractivity contribution in [2.24, 2.45) is 0 Å². The number of ether oxygens (including phenoxy) is 2. The van der Waals surface area contributed by atoms with Crippen LogP contribution in [0.3, 0.4) is 0 Å². The third-order valence-corrected chi connectivity index (χ3v) is 4.20. The van der Waals surface area contributed by atoms with E-state index in [1.165, 1.54) is 0 Å². The first-order valence-corrected chi connectivity index (χ1v) is 9.02. The fraction of sp³-hybridized carbons (Fsp3) is 0.0909. The third kappa shape index (κ3) is 5.34. The van der Waals surface area contributed by atoms with Gasteiger partial charge in [-0.2, -0.15) is 0 Å². The molecule has 1 N–H and O–H groups in total. The summed E-state index contributed by atoms with van der Waals surface area (Å²) in [6, 6.07) is 20.7. The van der Waals surface area contributed by atoms with Crippen molar-refractivity contribution < 1.29 is 9.47 Å². The van der Waals surface area contributed by atoms with Gasteiger partial charge in [-0.3, -0.25) is 0 Å². The number of benzene rings is 3. The van der Waals surface area contributed by atoms with E-state index >= 15 is 0 Å². The monoisotopic (exact) mass is 397 g/mol. The van der Waals surface area contributed by atoms with Crippen LogP contribution in [0.25, 0.3) is 0 Å². The number of hydrogen-bond acceptors (Lipinski definition) is 3. The molecule has 3 aromatic rings. The molecule has 0 saturated heterocycles. The van der Waals surface area contributed by atoms with E-state index in [0.29, 0.717) is 22.3 Å². The molecule has 136 valence electrons. The summed E-state index contributed by atoms with van der Waals surface area (Å²) < 4.78 is 11.3. The van der Waals surface area contributed by atoms with Crippen molar-refractivity contribution in [1.29, 1.82) is 0 Å². The number of nitrogens with one attached hydrogen (secondary N) is 1. The van der Waals surface area contributed by atoms with E-state index < -0.39 is 0 Å². The minimum absolute atomic E-state index is 0.139. The zero-order valence-electron chi connectivity index (χ0n) is 14.4. The number of hydrogen-bond donors (Lipinski definition) is 1. The topological polar surface area (TPSA) is 30.5 Å². The maximum absolute atomic E-state index is 6.23. The van der Waals surface area contributed by atoms with E-state index in [0.717, 1.165) is 22.7 Å². The fourth-order valence-corrected chi connectivity index (χ4v) is 3.07. The van der Waals surface area contributed by atoms with Gasteiger partial charge in [0.15, 0.2) is 0 Å². The average molecular weight is 398 g/mol. The lowest BCUT2D eigenvalue weighted by Gasteiger charge is -2.14. The van der Waals surface area contributed by atoms with Crippen molar-refractivity contribution in [3.63, 3.8) is 0 Å². The van der Waals surface area contributed by atoms with E-state index in [1.807, 2.05) is 54.6 Å². The summed E-state index contributed by atoms with van der Waals surface area (Å²) in [7, 11) is 0. The molecule has 0 aromatic heterocycles. The van der Waals surface area contributed by atoms with Crippen molar-refractivity contribution in [2.75, 3.05) is 11.9 Å². The molecule has 0 heterocycles.